The first-order valence-corrected chi connectivity index (χ1v) is 6.79. The molecule has 0 saturated heterocycles. The van der Waals surface area contributed by atoms with Gasteiger partial charge in [0.05, 0.1) is 6.61 Å². The topological polar surface area (TPSA) is 53.7 Å². The fraction of sp³-hybridized carbons (Fsp3) is 1.00. The number of rotatable bonds is 8. The molecule has 0 heterocycles. The van der Waals surface area contributed by atoms with Gasteiger partial charge in [0.2, 0.25) is 0 Å². The molecule has 0 spiro atoms. The van der Waals surface area contributed by atoms with E-state index in [0.717, 1.165) is 6.04 Å². The minimum absolute atomic E-state index is 0.509. The van der Waals surface area contributed by atoms with E-state index in [1.165, 1.54) is 0 Å². The van der Waals surface area contributed by atoms with Crippen LogP contribution in [0.2, 0.25) is 6.04 Å². The van der Waals surface area contributed by atoms with E-state index in [1.807, 2.05) is 20.8 Å². The van der Waals surface area contributed by atoms with Gasteiger partial charge in [-0.1, -0.05) is 6.92 Å². The molecule has 0 aromatic carbocycles. The lowest BCUT2D eigenvalue weighted by molar-refractivity contribution is 0.0706. The zero-order valence-corrected chi connectivity index (χ0v) is 9.84. The third-order valence-corrected chi connectivity index (χ3v) is 4.57. The van der Waals surface area contributed by atoms with Crippen LogP contribution < -0.4 is 5.73 Å². The van der Waals surface area contributed by atoms with Crippen LogP contribution >= 0.6 is 0 Å². The van der Waals surface area contributed by atoms with Gasteiger partial charge in [-0.2, -0.15) is 0 Å². The van der Waals surface area contributed by atoms with Crippen molar-refractivity contribution in [1.29, 1.82) is 0 Å². The summed E-state index contributed by atoms with van der Waals surface area (Å²) in [6.07, 6.45) is 0. The number of hydrogen-bond donors (Lipinski definition) is 1. The van der Waals surface area contributed by atoms with E-state index in [0.29, 0.717) is 26.4 Å². The van der Waals surface area contributed by atoms with Gasteiger partial charge in [-0.3, -0.25) is 0 Å². The summed E-state index contributed by atoms with van der Waals surface area (Å²) in [6.45, 7) is 8.20. The molecule has 80 valence electrons. The molecule has 4 nitrogen and oxygen atoms in total. The van der Waals surface area contributed by atoms with E-state index in [4.69, 9.17) is 19.0 Å². The van der Waals surface area contributed by atoms with Gasteiger partial charge in [-0.05, 0) is 13.8 Å². The van der Waals surface area contributed by atoms with E-state index in [2.05, 4.69) is 0 Å². The molecule has 0 atom stereocenters. The number of hydrogen-bond acceptors (Lipinski definition) is 4. The lowest BCUT2D eigenvalue weighted by atomic mass is 10.8. The second-order valence-electron chi connectivity index (χ2n) is 2.54. The monoisotopic (exact) mass is 207 g/mol. The Hall–Kier alpha value is 0.0569. The minimum atomic E-state index is -2.37. The molecule has 5 heteroatoms. The first-order chi connectivity index (χ1) is 6.24. The molecule has 0 radical (unpaired) electrons. The maximum atomic E-state index is 5.58. The first-order valence-electron chi connectivity index (χ1n) is 4.86. The van der Waals surface area contributed by atoms with Gasteiger partial charge in [0.25, 0.3) is 0 Å². The van der Waals surface area contributed by atoms with E-state index in [-0.39, 0.29) is 0 Å². The van der Waals surface area contributed by atoms with Crippen LogP contribution in [0.3, 0.4) is 0 Å². The summed E-state index contributed by atoms with van der Waals surface area (Å²) in [6, 6.07) is 0.800. The standard InChI is InChI=1S/C8H21NO3Si/c1-4-10-13(6-3,11-5-2)12-8-7-9/h4-9H2,1-3H3. The summed E-state index contributed by atoms with van der Waals surface area (Å²) in [4.78, 5) is 0. The van der Waals surface area contributed by atoms with Crippen molar-refractivity contribution in [3.05, 3.63) is 0 Å². The smallest absolute Gasteiger partial charge is 0.374 e. The predicted molar refractivity (Wildman–Crippen MR) is 54.5 cm³/mol. The van der Waals surface area contributed by atoms with Crippen molar-refractivity contribution in [3.8, 4) is 0 Å². The Labute approximate surface area is 81.7 Å². The second kappa shape index (κ2) is 7.46. The van der Waals surface area contributed by atoms with Crippen LogP contribution in [0.4, 0.5) is 0 Å². The fourth-order valence-electron chi connectivity index (χ4n) is 1.09. The van der Waals surface area contributed by atoms with Gasteiger partial charge >= 0.3 is 8.80 Å². The van der Waals surface area contributed by atoms with E-state index >= 15 is 0 Å². The molecular formula is C8H21NO3Si. The molecule has 0 amide bonds. The van der Waals surface area contributed by atoms with Gasteiger partial charge < -0.3 is 19.0 Å². The molecule has 0 rings (SSSR count). The third-order valence-electron chi connectivity index (χ3n) is 1.60. The minimum Gasteiger partial charge on any atom is -0.374 e. The Balaban J connectivity index is 4.07. The Bertz CT molecular complexity index is 118. The molecule has 0 aromatic heterocycles. The maximum Gasteiger partial charge on any atom is 0.500 e. The van der Waals surface area contributed by atoms with Gasteiger partial charge in [-0.15, -0.1) is 0 Å². The second-order valence-corrected chi connectivity index (χ2v) is 5.48. The van der Waals surface area contributed by atoms with Crippen LogP contribution in [0, 0.1) is 0 Å². The Kier molecular flexibility index (Phi) is 7.49. The summed E-state index contributed by atoms with van der Waals surface area (Å²) < 4.78 is 16.7. The predicted octanol–water partition coefficient (Wildman–Crippen LogP) is 0.993. The zero-order valence-electron chi connectivity index (χ0n) is 8.84. The van der Waals surface area contributed by atoms with Crippen LogP contribution in [0.5, 0.6) is 0 Å². The molecule has 0 saturated carbocycles. The van der Waals surface area contributed by atoms with Crippen LogP contribution in [0.15, 0.2) is 0 Å². The Morgan fingerprint density at radius 2 is 1.54 bits per heavy atom. The maximum absolute atomic E-state index is 5.58. The summed E-state index contributed by atoms with van der Waals surface area (Å²) >= 11 is 0. The first kappa shape index (κ1) is 13.1. The zero-order chi connectivity index (χ0) is 10.2. The molecule has 0 fully saturated rings. The van der Waals surface area contributed by atoms with Crippen molar-refractivity contribution in [3.63, 3.8) is 0 Å². The van der Waals surface area contributed by atoms with Crippen LogP contribution in [0.1, 0.15) is 20.8 Å². The molecule has 0 aliphatic carbocycles. The molecule has 0 aliphatic rings. The average Bonchev–Trinajstić information content (AvgIpc) is 2.15. The lowest BCUT2D eigenvalue weighted by Crippen LogP contribution is -2.46. The summed E-state index contributed by atoms with van der Waals surface area (Å²) in [5.41, 5.74) is 5.37. The molecular weight excluding hydrogens is 186 g/mol. The Morgan fingerprint density at radius 3 is 1.85 bits per heavy atom. The molecule has 13 heavy (non-hydrogen) atoms. The normalized spacial score (nSPS) is 12.0. The number of nitrogens with two attached hydrogens (primary N) is 1. The highest BCUT2D eigenvalue weighted by Crippen LogP contribution is 2.14. The van der Waals surface area contributed by atoms with Gasteiger partial charge in [0.1, 0.15) is 0 Å². The van der Waals surface area contributed by atoms with E-state index in [9.17, 15) is 0 Å². The molecule has 0 aliphatic heterocycles. The van der Waals surface area contributed by atoms with Gasteiger partial charge in [-0.25, -0.2) is 0 Å². The van der Waals surface area contributed by atoms with Crippen molar-refractivity contribution in [2.75, 3.05) is 26.4 Å². The van der Waals surface area contributed by atoms with Crippen molar-refractivity contribution in [2.45, 2.75) is 26.8 Å². The quantitative estimate of drug-likeness (QED) is 0.603. The SMILES string of the molecule is CCO[Si](CC)(OCC)OCCN. The van der Waals surface area contributed by atoms with Crippen molar-refractivity contribution in [1.82, 2.24) is 0 Å². The molecule has 0 bridgehead atoms. The highest BCUT2D eigenvalue weighted by molar-refractivity contribution is 6.60. The fourth-order valence-corrected chi connectivity index (χ4v) is 3.26. The van der Waals surface area contributed by atoms with E-state index < -0.39 is 8.80 Å². The Morgan fingerprint density at radius 1 is 1.00 bits per heavy atom. The van der Waals surface area contributed by atoms with Crippen molar-refractivity contribution in [2.24, 2.45) is 5.73 Å². The summed E-state index contributed by atoms with van der Waals surface area (Å²) in [7, 11) is -2.37. The highest BCUT2D eigenvalue weighted by Gasteiger charge is 2.38. The highest BCUT2D eigenvalue weighted by atomic mass is 28.4. The third kappa shape index (κ3) is 4.73. The van der Waals surface area contributed by atoms with E-state index in [1.54, 1.807) is 0 Å². The molecule has 2 N–H and O–H groups in total. The lowest BCUT2D eigenvalue weighted by Gasteiger charge is -2.27. The van der Waals surface area contributed by atoms with Gasteiger partial charge in [0, 0.05) is 25.8 Å². The van der Waals surface area contributed by atoms with Crippen molar-refractivity contribution >= 4 is 8.80 Å². The largest absolute Gasteiger partial charge is 0.500 e. The molecule has 0 aromatic rings. The summed E-state index contributed by atoms with van der Waals surface area (Å²) in [5.74, 6) is 0. The van der Waals surface area contributed by atoms with Crippen LogP contribution in [-0.4, -0.2) is 35.2 Å². The van der Waals surface area contributed by atoms with Crippen LogP contribution in [0.25, 0.3) is 0 Å². The van der Waals surface area contributed by atoms with Crippen molar-refractivity contribution < 1.29 is 13.3 Å². The average molecular weight is 207 g/mol. The molecule has 0 unspecified atom stereocenters. The summed E-state index contributed by atoms with van der Waals surface area (Å²) in [5, 5.41) is 0. The van der Waals surface area contributed by atoms with Crippen LogP contribution in [-0.2, 0) is 13.3 Å². The van der Waals surface area contributed by atoms with Gasteiger partial charge in [0.15, 0.2) is 0 Å².